The van der Waals surface area contributed by atoms with Crippen LogP contribution in [0.5, 0.6) is 0 Å². The van der Waals surface area contributed by atoms with Crippen molar-refractivity contribution in [3.63, 3.8) is 0 Å². The number of hydrogen-bond acceptors (Lipinski definition) is 1. The van der Waals surface area contributed by atoms with Crippen LogP contribution in [0.15, 0.2) is 72.8 Å². The summed E-state index contributed by atoms with van der Waals surface area (Å²) in [6.07, 6.45) is 4.32. The van der Waals surface area contributed by atoms with E-state index >= 15 is 0 Å². The van der Waals surface area contributed by atoms with Crippen molar-refractivity contribution in [3.8, 4) is 0 Å². The van der Waals surface area contributed by atoms with E-state index in [1.54, 1.807) is 0 Å². The zero-order valence-corrected chi connectivity index (χ0v) is 20.8. The average molecular weight is 496 g/mol. The Kier molecular flexibility index (Phi) is 10.6. The van der Waals surface area contributed by atoms with Gasteiger partial charge in [-0.3, -0.25) is 4.79 Å². The molecule has 0 atom stereocenters. The maximum atomic E-state index is 12.6. The Labute approximate surface area is 212 Å². The number of carbonyl (C=O) groups excluding carboxylic acids is 1. The third kappa shape index (κ3) is 9.15. The highest BCUT2D eigenvalue weighted by Gasteiger charge is 2.29. The van der Waals surface area contributed by atoms with Crippen molar-refractivity contribution in [2.45, 2.75) is 71.1 Å². The van der Waals surface area contributed by atoms with E-state index in [2.05, 4.69) is 17.6 Å². The number of aryl methyl sites for hydroxylation is 1. The lowest BCUT2D eigenvalue weighted by Gasteiger charge is -2.09. The Morgan fingerprint density at radius 1 is 0.722 bits per heavy atom. The maximum absolute atomic E-state index is 12.6. The van der Waals surface area contributed by atoms with Crippen LogP contribution in [0.1, 0.15) is 78.1 Å². The molecule has 3 aromatic rings. The minimum Gasteiger partial charge on any atom is -0.322 e. The van der Waals surface area contributed by atoms with Crippen LogP contribution in [0.3, 0.4) is 0 Å². The molecule has 0 spiro atoms. The second-order valence-corrected chi connectivity index (χ2v) is 9.10. The summed E-state index contributed by atoms with van der Waals surface area (Å²) in [7, 11) is 0. The second-order valence-electron chi connectivity index (χ2n) is 9.10. The third-order valence-corrected chi connectivity index (χ3v) is 6.12. The molecular weight excluding hydrogens is 461 g/mol. The predicted molar refractivity (Wildman–Crippen MR) is 139 cm³/mol. The van der Waals surface area contributed by atoms with Gasteiger partial charge in [-0.15, -0.1) is 0 Å². The van der Waals surface area contributed by atoms with Crippen LogP contribution in [0, 0.1) is 0 Å². The molecule has 36 heavy (non-hydrogen) atoms. The highest BCUT2D eigenvalue weighted by molar-refractivity contribution is 6.04. The standard InChI is InChI=1S/C30H34F3N2O/c1-2-3-4-5-6-7-8-23-9-15-26(16-10-23)29(36)35-28-19-13-25(14-20-28)22-34-21-24-11-17-27(18-12-24)30(31,32)33/h9-20H,2-8,21-22H2,1H3,(H,35,36). The fourth-order valence-electron chi connectivity index (χ4n) is 3.94. The lowest BCUT2D eigenvalue weighted by molar-refractivity contribution is -0.137. The van der Waals surface area contributed by atoms with E-state index in [0.717, 1.165) is 29.7 Å². The predicted octanol–water partition coefficient (Wildman–Crippen LogP) is 8.17. The van der Waals surface area contributed by atoms with Gasteiger partial charge >= 0.3 is 6.18 Å². The Morgan fingerprint density at radius 3 is 1.83 bits per heavy atom. The van der Waals surface area contributed by atoms with Gasteiger partial charge in [0.25, 0.3) is 5.91 Å². The molecule has 0 saturated heterocycles. The van der Waals surface area contributed by atoms with Crippen molar-refractivity contribution < 1.29 is 18.0 Å². The quantitative estimate of drug-likeness (QED) is 0.239. The number of halogens is 3. The molecule has 3 nitrogen and oxygen atoms in total. The Morgan fingerprint density at radius 2 is 1.25 bits per heavy atom. The SMILES string of the molecule is CCCCCCCCc1ccc(C(=O)Nc2ccc(C[N]Cc3ccc(C(F)(F)F)cc3)cc2)cc1. The lowest BCUT2D eigenvalue weighted by Crippen LogP contribution is -2.12. The van der Waals surface area contributed by atoms with Gasteiger partial charge in [0.1, 0.15) is 0 Å². The molecular formula is C30H34F3N2O. The van der Waals surface area contributed by atoms with E-state index in [1.807, 2.05) is 48.5 Å². The van der Waals surface area contributed by atoms with Crippen molar-refractivity contribution in [1.82, 2.24) is 5.32 Å². The second kappa shape index (κ2) is 13.8. The van der Waals surface area contributed by atoms with Crippen LogP contribution in [-0.2, 0) is 25.7 Å². The molecule has 0 fully saturated rings. The molecule has 0 aliphatic heterocycles. The summed E-state index contributed by atoms with van der Waals surface area (Å²) in [5, 5.41) is 7.34. The number of amides is 1. The number of nitrogens with zero attached hydrogens (tertiary/aromatic N) is 1. The minimum absolute atomic E-state index is 0.152. The number of hydrogen-bond donors (Lipinski definition) is 1. The molecule has 0 saturated carbocycles. The van der Waals surface area contributed by atoms with E-state index in [1.165, 1.54) is 56.2 Å². The summed E-state index contributed by atoms with van der Waals surface area (Å²) < 4.78 is 37.9. The number of carbonyl (C=O) groups is 1. The smallest absolute Gasteiger partial charge is 0.322 e. The Bertz CT molecular complexity index is 1060. The van der Waals surface area contributed by atoms with Crippen molar-refractivity contribution in [1.29, 1.82) is 0 Å². The van der Waals surface area contributed by atoms with Crippen LogP contribution in [0.4, 0.5) is 18.9 Å². The van der Waals surface area contributed by atoms with Gasteiger partial charge in [0.2, 0.25) is 0 Å². The van der Waals surface area contributed by atoms with Gasteiger partial charge in [-0.2, -0.15) is 13.2 Å². The molecule has 1 N–H and O–H groups in total. The van der Waals surface area contributed by atoms with Gasteiger partial charge in [0.05, 0.1) is 5.56 Å². The van der Waals surface area contributed by atoms with Gasteiger partial charge in [-0.25, -0.2) is 5.32 Å². The van der Waals surface area contributed by atoms with Gasteiger partial charge in [-0.05, 0) is 65.9 Å². The number of rotatable bonds is 13. The van der Waals surface area contributed by atoms with Crippen LogP contribution < -0.4 is 10.6 Å². The molecule has 0 aromatic heterocycles. The first-order chi connectivity index (χ1) is 17.3. The molecule has 6 heteroatoms. The number of alkyl halides is 3. The number of anilines is 1. The summed E-state index contributed by atoms with van der Waals surface area (Å²) in [6, 6.07) is 20.3. The maximum Gasteiger partial charge on any atom is 0.416 e. The molecule has 0 unspecified atom stereocenters. The highest BCUT2D eigenvalue weighted by Crippen LogP contribution is 2.29. The van der Waals surface area contributed by atoms with E-state index < -0.39 is 11.7 Å². The summed E-state index contributed by atoms with van der Waals surface area (Å²) in [5.41, 5.74) is 3.60. The largest absolute Gasteiger partial charge is 0.416 e. The molecule has 0 aliphatic rings. The molecule has 1 radical (unpaired) electrons. The summed E-state index contributed by atoms with van der Waals surface area (Å²) in [4.78, 5) is 12.6. The van der Waals surface area contributed by atoms with E-state index in [9.17, 15) is 18.0 Å². The fourth-order valence-corrected chi connectivity index (χ4v) is 3.94. The van der Waals surface area contributed by atoms with Crippen LogP contribution in [0.25, 0.3) is 0 Å². The lowest BCUT2D eigenvalue weighted by atomic mass is 10.0. The molecule has 3 aromatic carbocycles. The molecule has 0 bridgehead atoms. The average Bonchev–Trinajstić information content (AvgIpc) is 2.87. The van der Waals surface area contributed by atoms with E-state index in [4.69, 9.17) is 0 Å². The highest BCUT2D eigenvalue weighted by atomic mass is 19.4. The number of unbranched alkanes of at least 4 members (excludes halogenated alkanes) is 5. The topological polar surface area (TPSA) is 43.2 Å². The third-order valence-electron chi connectivity index (χ3n) is 6.12. The first-order valence-electron chi connectivity index (χ1n) is 12.6. The van der Waals surface area contributed by atoms with Crippen molar-refractivity contribution in [2.24, 2.45) is 0 Å². The number of benzene rings is 3. The first kappa shape index (κ1) is 27.5. The first-order valence-corrected chi connectivity index (χ1v) is 12.6. The van der Waals surface area contributed by atoms with Gasteiger partial charge < -0.3 is 5.32 Å². The zero-order chi connectivity index (χ0) is 25.8. The van der Waals surface area contributed by atoms with Gasteiger partial charge in [0.15, 0.2) is 0 Å². The molecule has 3 rings (SSSR count). The van der Waals surface area contributed by atoms with Crippen molar-refractivity contribution >= 4 is 11.6 Å². The van der Waals surface area contributed by atoms with Crippen molar-refractivity contribution in [3.05, 3.63) is 101 Å². The normalized spacial score (nSPS) is 11.4. The monoisotopic (exact) mass is 495 g/mol. The van der Waals surface area contributed by atoms with E-state index in [-0.39, 0.29) is 5.91 Å². The number of nitrogens with one attached hydrogen (secondary N) is 1. The molecule has 0 heterocycles. The van der Waals surface area contributed by atoms with Gasteiger partial charge in [-0.1, -0.05) is 75.4 Å². The molecule has 191 valence electrons. The van der Waals surface area contributed by atoms with Crippen LogP contribution in [0.2, 0.25) is 0 Å². The fraction of sp³-hybridized carbons (Fsp3) is 0.367. The Balaban J connectivity index is 1.40. The van der Waals surface area contributed by atoms with Crippen LogP contribution >= 0.6 is 0 Å². The summed E-state index contributed by atoms with van der Waals surface area (Å²) in [5.74, 6) is -0.152. The van der Waals surface area contributed by atoms with Crippen LogP contribution in [-0.4, -0.2) is 5.91 Å². The minimum atomic E-state index is -4.33. The zero-order valence-electron chi connectivity index (χ0n) is 20.8. The summed E-state index contributed by atoms with van der Waals surface area (Å²) in [6.45, 7) is 3.00. The van der Waals surface area contributed by atoms with Crippen molar-refractivity contribution in [2.75, 3.05) is 5.32 Å². The summed E-state index contributed by atoms with van der Waals surface area (Å²) >= 11 is 0. The molecule has 1 amide bonds. The van der Waals surface area contributed by atoms with E-state index in [0.29, 0.717) is 24.3 Å². The van der Waals surface area contributed by atoms with Gasteiger partial charge in [0, 0.05) is 24.3 Å². The Hall–Kier alpha value is -3.12. The molecule has 0 aliphatic carbocycles.